The summed E-state index contributed by atoms with van der Waals surface area (Å²) in [6, 6.07) is 6.24. The highest BCUT2D eigenvalue weighted by atomic mass is 16.3. The smallest absolute Gasteiger partial charge is 0.237 e. The summed E-state index contributed by atoms with van der Waals surface area (Å²) < 4.78 is 0. The van der Waals surface area contributed by atoms with E-state index in [1.165, 1.54) is 0 Å². The summed E-state index contributed by atoms with van der Waals surface area (Å²) in [4.78, 5) is 12.0. The first-order valence-corrected chi connectivity index (χ1v) is 7.11. The second-order valence-electron chi connectivity index (χ2n) is 5.37. The molecule has 1 aromatic rings. The molecule has 2 unspecified atom stereocenters. The number of hydrogen-bond donors (Lipinski definition) is 3. The van der Waals surface area contributed by atoms with Gasteiger partial charge in [0.15, 0.2) is 0 Å². The van der Waals surface area contributed by atoms with Crippen LogP contribution >= 0.6 is 0 Å². The average molecular weight is 274 g/mol. The van der Waals surface area contributed by atoms with Crippen LogP contribution < -0.4 is 11.1 Å². The van der Waals surface area contributed by atoms with Crippen molar-refractivity contribution >= 4 is 5.91 Å². The summed E-state index contributed by atoms with van der Waals surface area (Å²) in [6.07, 6.45) is 8.11. The van der Waals surface area contributed by atoms with Crippen molar-refractivity contribution in [1.82, 2.24) is 5.32 Å². The molecule has 1 aliphatic carbocycles. The van der Waals surface area contributed by atoms with E-state index in [0.717, 1.165) is 24.8 Å². The van der Waals surface area contributed by atoms with Gasteiger partial charge in [-0.1, -0.05) is 24.3 Å². The number of nitrogens with two attached hydrogens (primary N) is 1. The average Bonchev–Trinajstić information content (AvgIpc) is 2.48. The highest BCUT2D eigenvalue weighted by Crippen LogP contribution is 2.17. The van der Waals surface area contributed by atoms with Gasteiger partial charge in [0.1, 0.15) is 5.75 Å². The molecule has 1 aromatic carbocycles. The fraction of sp³-hybridized carbons (Fsp3) is 0.438. The first-order chi connectivity index (χ1) is 9.65. The van der Waals surface area contributed by atoms with E-state index in [2.05, 4.69) is 17.5 Å². The van der Waals surface area contributed by atoms with Gasteiger partial charge in [0.05, 0.1) is 6.04 Å². The zero-order chi connectivity index (χ0) is 14.4. The molecular weight excluding hydrogens is 252 g/mol. The molecule has 0 bridgehead atoms. The van der Waals surface area contributed by atoms with Crippen molar-refractivity contribution in [3.63, 3.8) is 0 Å². The third-order valence-electron chi connectivity index (χ3n) is 3.67. The third kappa shape index (κ3) is 4.38. The monoisotopic (exact) mass is 274 g/mol. The summed E-state index contributed by atoms with van der Waals surface area (Å²) in [5.74, 6) is 0.648. The lowest BCUT2D eigenvalue weighted by molar-refractivity contribution is -0.122. The molecule has 2 rings (SSSR count). The topological polar surface area (TPSA) is 75.3 Å². The second-order valence-corrected chi connectivity index (χ2v) is 5.37. The Morgan fingerprint density at radius 1 is 1.35 bits per heavy atom. The largest absolute Gasteiger partial charge is 0.508 e. The Kier molecular flexibility index (Phi) is 5.18. The first kappa shape index (κ1) is 14.6. The molecule has 0 heterocycles. The van der Waals surface area contributed by atoms with Crippen molar-refractivity contribution in [2.75, 3.05) is 6.54 Å². The lowest BCUT2D eigenvalue weighted by Crippen LogP contribution is -2.43. The molecule has 1 amide bonds. The number of amides is 1. The predicted octanol–water partition coefficient (Wildman–Crippen LogP) is 1.73. The molecule has 108 valence electrons. The highest BCUT2D eigenvalue weighted by molar-refractivity contribution is 5.81. The van der Waals surface area contributed by atoms with Crippen LogP contribution in [0.2, 0.25) is 0 Å². The van der Waals surface area contributed by atoms with E-state index in [1.54, 1.807) is 24.3 Å². The van der Waals surface area contributed by atoms with E-state index in [0.29, 0.717) is 18.9 Å². The third-order valence-corrected chi connectivity index (χ3v) is 3.67. The van der Waals surface area contributed by atoms with Crippen LogP contribution in [0, 0.1) is 5.92 Å². The van der Waals surface area contributed by atoms with E-state index in [-0.39, 0.29) is 11.7 Å². The summed E-state index contributed by atoms with van der Waals surface area (Å²) in [6.45, 7) is 0.701. The number of benzene rings is 1. The number of aromatic hydroxyl groups is 1. The molecule has 0 saturated heterocycles. The van der Waals surface area contributed by atoms with Crippen LogP contribution in [-0.2, 0) is 11.2 Å². The summed E-state index contributed by atoms with van der Waals surface area (Å²) in [7, 11) is 0. The van der Waals surface area contributed by atoms with Gasteiger partial charge in [0.25, 0.3) is 0 Å². The molecule has 0 radical (unpaired) electrons. The van der Waals surface area contributed by atoms with Gasteiger partial charge in [-0.3, -0.25) is 4.79 Å². The van der Waals surface area contributed by atoms with Gasteiger partial charge in [0.2, 0.25) is 5.91 Å². The Balaban J connectivity index is 1.76. The van der Waals surface area contributed by atoms with Gasteiger partial charge in [0, 0.05) is 6.54 Å². The van der Waals surface area contributed by atoms with Gasteiger partial charge < -0.3 is 16.2 Å². The maximum atomic E-state index is 12.0. The standard InChI is InChI=1S/C16H22N2O2/c17-15(10-12-6-8-14(19)9-7-12)16(20)18-11-13-4-2-1-3-5-13/h1-2,6-9,13,15,19H,3-5,10-11,17H2,(H,18,20). The van der Waals surface area contributed by atoms with Gasteiger partial charge in [-0.15, -0.1) is 0 Å². The molecular formula is C16H22N2O2. The Bertz CT molecular complexity index is 468. The van der Waals surface area contributed by atoms with Crippen LogP contribution in [0.4, 0.5) is 0 Å². The van der Waals surface area contributed by atoms with Crippen molar-refractivity contribution in [3.05, 3.63) is 42.0 Å². The number of rotatable bonds is 5. The lowest BCUT2D eigenvalue weighted by atomic mass is 9.94. The van der Waals surface area contributed by atoms with Crippen LogP contribution in [0.1, 0.15) is 24.8 Å². The number of allylic oxidation sites excluding steroid dienone is 2. The first-order valence-electron chi connectivity index (χ1n) is 7.11. The number of phenols is 1. The lowest BCUT2D eigenvalue weighted by Gasteiger charge is -2.19. The maximum Gasteiger partial charge on any atom is 0.237 e. The molecule has 0 fully saturated rings. The van der Waals surface area contributed by atoms with E-state index < -0.39 is 6.04 Å². The zero-order valence-corrected chi connectivity index (χ0v) is 11.6. The molecule has 0 saturated carbocycles. The van der Waals surface area contributed by atoms with Crippen molar-refractivity contribution in [1.29, 1.82) is 0 Å². The maximum absolute atomic E-state index is 12.0. The van der Waals surface area contributed by atoms with E-state index in [1.807, 2.05) is 0 Å². The molecule has 20 heavy (non-hydrogen) atoms. The summed E-state index contributed by atoms with van der Waals surface area (Å²) in [5, 5.41) is 12.1. The fourth-order valence-electron chi connectivity index (χ4n) is 2.40. The number of nitrogens with one attached hydrogen (secondary N) is 1. The molecule has 0 aliphatic heterocycles. The van der Waals surface area contributed by atoms with Crippen LogP contribution in [0.25, 0.3) is 0 Å². The minimum Gasteiger partial charge on any atom is -0.508 e. The van der Waals surface area contributed by atoms with Crippen LogP contribution in [-0.4, -0.2) is 23.6 Å². The van der Waals surface area contributed by atoms with Crippen molar-refractivity contribution < 1.29 is 9.90 Å². The molecule has 4 nitrogen and oxygen atoms in total. The Morgan fingerprint density at radius 2 is 2.10 bits per heavy atom. The number of carbonyl (C=O) groups excluding carboxylic acids is 1. The quantitative estimate of drug-likeness (QED) is 0.716. The highest BCUT2D eigenvalue weighted by Gasteiger charge is 2.16. The van der Waals surface area contributed by atoms with Gasteiger partial charge >= 0.3 is 0 Å². The van der Waals surface area contributed by atoms with Crippen molar-refractivity contribution in [2.45, 2.75) is 31.7 Å². The van der Waals surface area contributed by atoms with Gasteiger partial charge in [-0.2, -0.15) is 0 Å². The van der Waals surface area contributed by atoms with Crippen LogP contribution in [0.5, 0.6) is 5.75 Å². The molecule has 0 aromatic heterocycles. The van der Waals surface area contributed by atoms with E-state index in [4.69, 9.17) is 5.73 Å². The molecule has 4 N–H and O–H groups in total. The van der Waals surface area contributed by atoms with Crippen molar-refractivity contribution in [2.24, 2.45) is 11.7 Å². The predicted molar refractivity (Wildman–Crippen MR) is 79.3 cm³/mol. The number of hydrogen-bond acceptors (Lipinski definition) is 3. The second kappa shape index (κ2) is 7.10. The molecule has 2 atom stereocenters. The zero-order valence-electron chi connectivity index (χ0n) is 11.6. The number of phenolic OH excluding ortho intramolecular Hbond substituents is 1. The minimum atomic E-state index is -0.543. The van der Waals surface area contributed by atoms with Gasteiger partial charge in [-0.25, -0.2) is 0 Å². The Hall–Kier alpha value is -1.81. The van der Waals surface area contributed by atoms with E-state index >= 15 is 0 Å². The molecule has 4 heteroatoms. The van der Waals surface area contributed by atoms with Crippen LogP contribution in [0.15, 0.2) is 36.4 Å². The number of carbonyl (C=O) groups is 1. The molecule has 1 aliphatic rings. The Morgan fingerprint density at radius 3 is 2.75 bits per heavy atom. The normalized spacial score (nSPS) is 19.6. The van der Waals surface area contributed by atoms with Crippen molar-refractivity contribution in [3.8, 4) is 5.75 Å². The fourth-order valence-corrected chi connectivity index (χ4v) is 2.40. The summed E-state index contributed by atoms with van der Waals surface area (Å²) >= 11 is 0. The minimum absolute atomic E-state index is 0.104. The Labute approximate surface area is 119 Å². The van der Waals surface area contributed by atoms with E-state index in [9.17, 15) is 9.90 Å². The summed E-state index contributed by atoms with van der Waals surface area (Å²) in [5.41, 5.74) is 6.86. The SMILES string of the molecule is NC(Cc1ccc(O)cc1)C(=O)NCC1CC=CCC1. The van der Waals surface area contributed by atoms with Gasteiger partial charge in [-0.05, 0) is 49.3 Å². The van der Waals surface area contributed by atoms with Crippen LogP contribution in [0.3, 0.4) is 0 Å². The molecule has 0 spiro atoms.